The fourth-order valence-electron chi connectivity index (χ4n) is 1.96. The van der Waals surface area contributed by atoms with Crippen LogP contribution in [0.3, 0.4) is 0 Å². The molecule has 0 N–H and O–H groups in total. The molecule has 0 aliphatic carbocycles. The number of rotatable bonds is 2. The van der Waals surface area contributed by atoms with Crippen LogP contribution in [-0.2, 0) is 0 Å². The van der Waals surface area contributed by atoms with E-state index in [-0.39, 0.29) is 0 Å². The molecule has 0 aliphatic rings. The molecule has 3 nitrogen and oxygen atoms in total. The first-order chi connectivity index (χ1) is 9.33. The molecule has 3 rings (SSSR count). The summed E-state index contributed by atoms with van der Waals surface area (Å²) in [6.45, 7) is 0. The molecule has 0 aliphatic heterocycles. The highest BCUT2D eigenvalue weighted by molar-refractivity contribution is 5.84. The molecular weight excluding hydrogens is 236 g/mol. The molecule has 3 heteroatoms. The van der Waals surface area contributed by atoms with Crippen molar-refractivity contribution in [1.29, 1.82) is 0 Å². The summed E-state index contributed by atoms with van der Waals surface area (Å²) in [5.74, 6) is 0. The SMILES string of the molecule is [O-][N+](=Nc1ccc2ccccc2c1)c1ccccc1. The zero-order chi connectivity index (χ0) is 13.1. The highest BCUT2D eigenvalue weighted by atomic mass is 16.5. The number of nitrogens with zero attached hydrogens (tertiary/aromatic N) is 2. The monoisotopic (exact) mass is 248 g/mol. The average Bonchev–Trinajstić information content (AvgIpc) is 2.48. The maximum absolute atomic E-state index is 11.9. The molecule has 0 radical (unpaired) electrons. The van der Waals surface area contributed by atoms with Crippen LogP contribution in [0.4, 0.5) is 11.4 Å². The number of hydrogen-bond acceptors (Lipinski definition) is 2. The van der Waals surface area contributed by atoms with Crippen molar-refractivity contribution in [1.82, 2.24) is 0 Å². The van der Waals surface area contributed by atoms with Gasteiger partial charge in [-0.15, -0.1) is 0 Å². The smallest absolute Gasteiger partial charge is 0.244 e. The average molecular weight is 248 g/mol. The molecule has 3 aromatic rings. The lowest BCUT2D eigenvalue weighted by atomic mass is 10.1. The third kappa shape index (κ3) is 2.45. The zero-order valence-electron chi connectivity index (χ0n) is 10.2. The molecular formula is C16H12N2O. The minimum atomic E-state index is 0.524. The quantitative estimate of drug-likeness (QED) is 0.366. The molecule has 0 saturated heterocycles. The molecule has 0 aromatic heterocycles. The van der Waals surface area contributed by atoms with Gasteiger partial charge in [0.25, 0.3) is 0 Å². The van der Waals surface area contributed by atoms with Crippen molar-refractivity contribution in [3.8, 4) is 0 Å². The van der Waals surface area contributed by atoms with E-state index in [4.69, 9.17) is 0 Å². The molecule has 0 bridgehead atoms. The number of fused-ring (bicyclic) bond motifs is 1. The molecule has 19 heavy (non-hydrogen) atoms. The predicted molar refractivity (Wildman–Crippen MR) is 75.8 cm³/mol. The Morgan fingerprint density at radius 1 is 0.737 bits per heavy atom. The van der Waals surface area contributed by atoms with Gasteiger partial charge in [-0.3, -0.25) is 0 Å². The lowest BCUT2D eigenvalue weighted by Gasteiger charge is -2.00. The van der Waals surface area contributed by atoms with Crippen LogP contribution >= 0.6 is 0 Å². The van der Waals surface area contributed by atoms with Crippen molar-refractivity contribution >= 4 is 22.1 Å². The van der Waals surface area contributed by atoms with E-state index in [0.717, 1.165) is 10.8 Å². The van der Waals surface area contributed by atoms with E-state index in [2.05, 4.69) is 5.11 Å². The van der Waals surface area contributed by atoms with Crippen molar-refractivity contribution < 1.29 is 4.86 Å². The first kappa shape index (κ1) is 11.4. The Morgan fingerprint density at radius 2 is 1.42 bits per heavy atom. The Hall–Kier alpha value is -2.68. The predicted octanol–water partition coefficient (Wildman–Crippen LogP) is 4.77. The van der Waals surface area contributed by atoms with Gasteiger partial charge in [-0.2, -0.15) is 0 Å². The highest BCUT2D eigenvalue weighted by Crippen LogP contribution is 2.22. The maximum Gasteiger partial charge on any atom is 0.244 e. The van der Waals surface area contributed by atoms with E-state index in [1.807, 2.05) is 60.7 Å². The second-order valence-electron chi connectivity index (χ2n) is 4.24. The Morgan fingerprint density at radius 3 is 2.21 bits per heavy atom. The minimum absolute atomic E-state index is 0.524. The van der Waals surface area contributed by atoms with Crippen LogP contribution in [0.5, 0.6) is 0 Å². The van der Waals surface area contributed by atoms with E-state index >= 15 is 0 Å². The topological polar surface area (TPSA) is 38.4 Å². The van der Waals surface area contributed by atoms with Crippen molar-refractivity contribution in [3.05, 3.63) is 78.0 Å². The fourth-order valence-corrected chi connectivity index (χ4v) is 1.96. The van der Waals surface area contributed by atoms with Crippen LogP contribution in [-0.4, -0.2) is 4.86 Å². The number of hydrogen-bond donors (Lipinski definition) is 0. The standard InChI is InChI=1S/C16H12N2O/c19-18(16-8-2-1-3-9-16)17-15-11-10-13-6-4-5-7-14(13)12-15/h1-12H. The molecule has 0 unspecified atom stereocenters. The molecule has 0 spiro atoms. The molecule has 0 heterocycles. The zero-order valence-corrected chi connectivity index (χ0v) is 10.2. The van der Waals surface area contributed by atoms with E-state index < -0.39 is 0 Å². The van der Waals surface area contributed by atoms with Crippen LogP contribution in [0.25, 0.3) is 10.8 Å². The third-order valence-electron chi connectivity index (χ3n) is 2.92. The van der Waals surface area contributed by atoms with E-state index in [9.17, 15) is 5.21 Å². The Bertz CT molecular complexity index is 736. The van der Waals surface area contributed by atoms with E-state index in [1.165, 1.54) is 0 Å². The van der Waals surface area contributed by atoms with Gasteiger partial charge in [-0.1, -0.05) is 53.4 Å². The van der Waals surface area contributed by atoms with Crippen LogP contribution in [0, 0.1) is 5.21 Å². The van der Waals surface area contributed by atoms with Gasteiger partial charge in [0, 0.05) is 17.2 Å². The summed E-state index contributed by atoms with van der Waals surface area (Å²) >= 11 is 0. The lowest BCUT2D eigenvalue weighted by molar-refractivity contribution is -0.435. The molecule has 0 amide bonds. The summed E-state index contributed by atoms with van der Waals surface area (Å²) < 4.78 is 0. The van der Waals surface area contributed by atoms with Gasteiger partial charge in [-0.25, -0.2) is 0 Å². The largest absolute Gasteiger partial charge is 0.594 e. The summed E-state index contributed by atoms with van der Waals surface area (Å²) in [4.78, 5) is 0.643. The number of para-hydroxylation sites is 1. The number of azo groups is 1. The van der Waals surface area contributed by atoms with Gasteiger partial charge in [0.05, 0.1) is 0 Å². The lowest BCUT2D eigenvalue weighted by Crippen LogP contribution is -1.89. The van der Waals surface area contributed by atoms with Gasteiger partial charge < -0.3 is 5.21 Å². The summed E-state index contributed by atoms with van der Waals surface area (Å²) in [6, 6.07) is 22.7. The fraction of sp³-hybridized carbons (Fsp3) is 0. The molecule has 0 fully saturated rings. The number of benzene rings is 3. The van der Waals surface area contributed by atoms with Crippen molar-refractivity contribution in [2.24, 2.45) is 5.11 Å². The van der Waals surface area contributed by atoms with Gasteiger partial charge in [0.1, 0.15) is 5.69 Å². The van der Waals surface area contributed by atoms with E-state index in [0.29, 0.717) is 16.2 Å². The molecule has 0 atom stereocenters. The molecule has 3 aromatic carbocycles. The van der Waals surface area contributed by atoms with Crippen molar-refractivity contribution in [2.45, 2.75) is 0 Å². The van der Waals surface area contributed by atoms with Gasteiger partial charge in [0.15, 0.2) is 0 Å². The third-order valence-corrected chi connectivity index (χ3v) is 2.92. The van der Waals surface area contributed by atoms with Gasteiger partial charge in [0.2, 0.25) is 5.69 Å². The Labute approximate surface area is 111 Å². The minimum Gasteiger partial charge on any atom is -0.594 e. The highest BCUT2D eigenvalue weighted by Gasteiger charge is 2.03. The molecule has 0 saturated carbocycles. The molecule has 92 valence electrons. The Balaban J connectivity index is 2.01. The van der Waals surface area contributed by atoms with Crippen molar-refractivity contribution in [3.63, 3.8) is 0 Å². The summed E-state index contributed by atoms with van der Waals surface area (Å²) in [5.41, 5.74) is 1.17. The van der Waals surface area contributed by atoms with E-state index in [1.54, 1.807) is 12.1 Å². The summed E-state index contributed by atoms with van der Waals surface area (Å²) in [7, 11) is 0. The van der Waals surface area contributed by atoms with Gasteiger partial charge in [-0.05, 0) is 22.9 Å². The summed E-state index contributed by atoms with van der Waals surface area (Å²) in [5, 5.41) is 18.2. The first-order valence-corrected chi connectivity index (χ1v) is 6.06. The van der Waals surface area contributed by atoms with Crippen LogP contribution in [0.15, 0.2) is 77.9 Å². The van der Waals surface area contributed by atoms with Crippen molar-refractivity contribution in [2.75, 3.05) is 0 Å². The van der Waals surface area contributed by atoms with Crippen LogP contribution in [0.1, 0.15) is 0 Å². The summed E-state index contributed by atoms with van der Waals surface area (Å²) in [6.07, 6.45) is 0. The van der Waals surface area contributed by atoms with Crippen LogP contribution < -0.4 is 0 Å². The normalized spacial score (nSPS) is 11.7. The second-order valence-corrected chi connectivity index (χ2v) is 4.24. The Kier molecular flexibility index (Phi) is 2.94. The maximum atomic E-state index is 11.9. The van der Waals surface area contributed by atoms with Crippen LogP contribution in [0.2, 0.25) is 0 Å². The first-order valence-electron chi connectivity index (χ1n) is 6.06. The second kappa shape index (κ2) is 4.90. The van der Waals surface area contributed by atoms with Gasteiger partial charge >= 0.3 is 0 Å².